The number of aryl methyl sites for hydroxylation is 1. The van der Waals surface area contributed by atoms with Crippen LogP contribution in [0, 0.1) is 12.7 Å². The number of hydrogen-bond donors (Lipinski definition) is 1. The second kappa shape index (κ2) is 15.1. The summed E-state index contributed by atoms with van der Waals surface area (Å²) in [5.41, 5.74) is 2.14. The molecule has 44 heavy (non-hydrogen) atoms. The van der Waals surface area contributed by atoms with Crippen molar-refractivity contribution in [3.63, 3.8) is 0 Å². The lowest BCUT2D eigenvalue weighted by molar-refractivity contribution is -0.140. The zero-order valence-corrected chi connectivity index (χ0v) is 27.0. The van der Waals surface area contributed by atoms with Crippen molar-refractivity contribution < 1.29 is 22.4 Å². The van der Waals surface area contributed by atoms with Gasteiger partial charge in [0.2, 0.25) is 11.8 Å². The van der Waals surface area contributed by atoms with Crippen LogP contribution in [-0.4, -0.2) is 44.3 Å². The van der Waals surface area contributed by atoms with Crippen molar-refractivity contribution in [2.45, 2.75) is 44.2 Å². The first-order valence-corrected chi connectivity index (χ1v) is 16.5. The Morgan fingerprint density at radius 1 is 0.886 bits per heavy atom. The van der Waals surface area contributed by atoms with E-state index in [2.05, 4.69) is 21.2 Å². The molecular weight excluding hydrogens is 645 g/mol. The van der Waals surface area contributed by atoms with E-state index in [1.165, 1.54) is 35.2 Å². The van der Waals surface area contributed by atoms with Gasteiger partial charge in [0.15, 0.2) is 0 Å². The van der Waals surface area contributed by atoms with Crippen LogP contribution in [0.3, 0.4) is 0 Å². The molecule has 7 nitrogen and oxygen atoms in total. The van der Waals surface area contributed by atoms with Gasteiger partial charge in [-0.05, 0) is 60.9 Å². The van der Waals surface area contributed by atoms with Crippen molar-refractivity contribution in [2.24, 2.45) is 0 Å². The summed E-state index contributed by atoms with van der Waals surface area (Å²) in [6.45, 7) is 3.46. The Balaban J connectivity index is 1.80. The molecule has 1 atom stereocenters. The normalized spacial score (nSPS) is 11.9. The first kappa shape index (κ1) is 32.9. The maximum atomic E-state index is 15.2. The number of para-hydroxylation sites is 1. The minimum absolute atomic E-state index is 0.0189. The molecule has 2 amide bonds. The summed E-state index contributed by atoms with van der Waals surface area (Å²) in [7, 11) is -4.38. The van der Waals surface area contributed by atoms with Crippen LogP contribution in [0.5, 0.6) is 0 Å². The molecule has 0 spiro atoms. The van der Waals surface area contributed by atoms with Gasteiger partial charge in [0.1, 0.15) is 18.4 Å². The predicted molar refractivity (Wildman–Crippen MR) is 174 cm³/mol. The third-order valence-electron chi connectivity index (χ3n) is 7.07. The lowest BCUT2D eigenvalue weighted by Gasteiger charge is -2.34. The number of nitrogens with zero attached hydrogens (tertiary/aromatic N) is 2. The van der Waals surface area contributed by atoms with Crippen LogP contribution in [0.25, 0.3) is 0 Å². The van der Waals surface area contributed by atoms with Crippen LogP contribution in [0.4, 0.5) is 10.1 Å². The number of carbonyl (C=O) groups is 2. The first-order valence-electron chi connectivity index (χ1n) is 14.3. The largest absolute Gasteiger partial charge is 0.354 e. The summed E-state index contributed by atoms with van der Waals surface area (Å²) in [5.74, 6) is -1.81. The number of anilines is 1. The Labute approximate surface area is 266 Å². The number of carbonyl (C=O) groups excluding carboxylic acids is 2. The van der Waals surface area contributed by atoms with Gasteiger partial charge >= 0.3 is 0 Å². The molecule has 4 rings (SSSR count). The molecule has 4 aromatic carbocycles. The Morgan fingerprint density at radius 2 is 1.55 bits per heavy atom. The summed E-state index contributed by atoms with van der Waals surface area (Å²) in [6.07, 6.45) is 0.889. The molecule has 230 valence electrons. The molecule has 0 heterocycles. The molecule has 10 heteroatoms. The van der Waals surface area contributed by atoms with Crippen LogP contribution in [0.2, 0.25) is 0 Å². The van der Waals surface area contributed by atoms with E-state index in [1.807, 2.05) is 68.4 Å². The van der Waals surface area contributed by atoms with Gasteiger partial charge in [-0.25, -0.2) is 12.8 Å². The molecule has 0 radical (unpaired) electrons. The third kappa shape index (κ3) is 8.33. The molecule has 0 aromatic heterocycles. The van der Waals surface area contributed by atoms with Crippen molar-refractivity contribution in [1.82, 2.24) is 10.2 Å². The van der Waals surface area contributed by atoms with Crippen molar-refractivity contribution in [1.29, 1.82) is 0 Å². The molecule has 0 saturated carbocycles. The standard InChI is InChI=1S/C34H35BrFN3O4S/c1-3-20-37-34(41)32(22-26-10-5-4-6-11-26)38(23-27-12-9-13-28(35)21-27)33(40)24-39(31-15-8-7-14-30(31)36)44(42,43)29-18-16-25(2)17-19-29/h4-19,21,32H,3,20,22-24H2,1-2H3,(H,37,41)/t32-/m1/s1. The van der Waals surface area contributed by atoms with Gasteiger partial charge in [0.05, 0.1) is 10.6 Å². The van der Waals surface area contributed by atoms with Gasteiger partial charge in [-0.2, -0.15) is 0 Å². The summed E-state index contributed by atoms with van der Waals surface area (Å²) in [6, 6.07) is 27.2. The Kier molecular flexibility index (Phi) is 11.3. The lowest BCUT2D eigenvalue weighted by Crippen LogP contribution is -2.53. The minimum Gasteiger partial charge on any atom is -0.354 e. The number of rotatable bonds is 13. The molecule has 0 bridgehead atoms. The maximum absolute atomic E-state index is 15.2. The summed E-state index contributed by atoms with van der Waals surface area (Å²) in [4.78, 5) is 29.3. The highest BCUT2D eigenvalue weighted by Crippen LogP contribution is 2.27. The van der Waals surface area contributed by atoms with E-state index in [0.717, 1.165) is 31.5 Å². The van der Waals surface area contributed by atoms with Crippen molar-refractivity contribution in [2.75, 3.05) is 17.4 Å². The molecule has 0 unspecified atom stereocenters. The van der Waals surface area contributed by atoms with Gasteiger partial charge in [-0.15, -0.1) is 0 Å². The lowest BCUT2D eigenvalue weighted by atomic mass is 10.0. The van der Waals surface area contributed by atoms with Crippen molar-refractivity contribution in [3.05, 3.63) is 130 Å². The third-order valence-corrected chi connectivity index (χ3v) is 9.34. The van der Waals surface area contributed by atoms with Gasteiger partial charge in [0.25, 0.3) is 10.0 Å². The van der Waals surface area contributed by atoms with Gasteiger partial charge < -0.3 is 10.2 Å². The van der Waals surface area contributed by atoms with Crippen molar-refractivity contribution >= 4 is 43.5 Å². The van der Waals surface area contributed by atoms with Crippen LogP contribution < -0.4 is 9.62 Å². The Morgan fingerprint density at radius 3 is 2.20 bits per heavy atom. The Hall–Kier alpha value is -4.02. The molecule has 0 aliphatic heterocycles. The number of amides is 2. The second-order valence-electron chi connectivity index (χ2n) is 10.4. The fraction of sp³-hybridized carbons (Fsp3) is 0.235. The Bertz CT molecular complexity index is 1680. The van der Waals surface area contributed by atoms with Crippen LogP contribution in [0.1, 0.15) is 30.0 Å². The maximum Gasteiger partial charge on any atom is 0.264 e. The molecule has 0 fully saturated rings. The molecule has 4 aromatic rings. The number of benzene rings is 4. The van der Waals surface area contributed by atoms with E-state index in [4.69, 9.17) is 0 Å². The summed E-state index contributed by atoms with van der Waals surface area (Å²) < 4.78 is 44.8. The first-order chi connectivity index (χ1) is 21.1. The number of sulfonamides is 1. The summed E-state index contributed by atoms with van der Waals surface area (Å²) in [5, 5.41) is 2.91. The van der Waals surface area contributed by atoms with E-state index in [9.17, 15) is 18.0 Å². The highest BCUT2D eigenvalue weighted by atomic mass is 79.9. The molecule has 1 N–H and O–H groups in total. The second-order valence-corrected chi connectivity index (χ2v) is 13.2. The van der Waals surface area contributed by atoms with E-state index < -0.39 is 34.3 Å². The zero-order valence-electron chi connectivity index (χ0n) is 24.6. The fourth-order valence-corrected chi connectivity index (χ4v) is 6.63. The number of hydrogen-bond acceptors (Lipinski definition) is 4. The van der Waals surface area contributed by atoms with Gasteiger partial charge in [-0.1, -0.05) is 95.1 Å². The molecule has 0 aliphatic carbocycles. The van der Waals surface area contributed by atoms with E-state index >= 15 is 4.39 Å². The number of halogens is 2. The predicted octanol–water partition coefficient (Wildman–Crippen LogP) is 6.26. The van der Waals surface area contributed by atoms with Crippen LogP contribution in [0.15, 0.2) is 112 Å². The van der Waals surface area contributed by atoms with E-state index in [0.29, 0.717) is 13.0 Å². The molecular formula is C34H35BrFN3O4S. The van der Waals surface area contributed by atoms with E-state index in [-0.39, 0.29) is 29.5 Å². The quantitative estimate of drug-likeness (QED) is 0.181. The average molecular weight is 681 g/mol. The SMILES string of the molecule is CCCNC(=O)[C@@H](Cc1ccccc1)N(Cc1cccc(Br)c1)C(=O)CN(c1ccccc1F)S(=O)(=O)c1ccc(C)cc1. The van der Waals surface area contributed by atoms with E-state index in [1.54, 1.807) is 12.1 Å². The average Bonchev–Trinajstić information content (AvgIpc) is 3.01. The highest BCUT2D eigenvalue weighted by molar-refractivity contribution is 9.10. The summed E-state index contributed by atoms with van der Waals surface area (Å²) >= 11 is 3.47. The topological polar surface area (TPSA) is 86.8 Å². The smallest absolute Gasteiger partial charge is 0.264 e. The van der Waals surface area contributed by atoms with Crippen LogP contribution >= 0.6 is 15.9 Å². The number of nitrogens with one attached hydrogen (secondary N) is 1. The minimum atomic E-state index is -4.38. The van der Waals surface area contributed by atoms with Crippen LogP contribution in [-0.2, 0) is 32.6 Å². The highest BCUT2D eigenvalue weighted by Gasteiger charge is 2.35. The zero-order chi connectivity index (χ0) is 31.7. The van der Waals surface area contributed by atoms with Gasteiger partial charge in [-0.3, -0.25) is 13.9 Å². The van der Waals surface area contributed by atoms with Gasteiger partial charge in [0, 0.05) is 24.0 Å². The molecule has 0 aliphatic rings. The molecule has 0 saturated heterocycles. The fourth-order valence-electron chi connectivity index (χ4n) is 4.76. The monoisotopic (exact) mass is 679 g/mol. The van der Waals surface area contributed by atoms with Crippen molar-refractivity contribution in [3.8, 4) is 0 Å².